The highest BCUT2D eigenvalue weighted by molar-refractivity contribution is 6.17. The van der Waals surface area contributed by atoms with E-state index in [1.807, 2.05) is 24.4 Å². The molecule has 10 heterocycles. The molecule has 0 spiro atoms. The monoisotopic (exact) mass is 1530 g/mol. The van der Waals surface area contributed by atoms with Gasteiger partial charge in [-0.2, -0.15) is 0 Å². The van der Waals surface area contributed by atoms with Gasteiger partial charge in [-0.3, -0.25) is 8.80 Å². The number of aromatic nitrogens is 11. The lowest BCUT2D eigenvalue weighted by atomic mass is 10.0. The van der Waals surface area contributed by atoms with Crippen LogP contribution in [-0.2, 0) is 0 Å². The molecule has 16 aromatic carbocycles. The van der Waals surface area contributed by atoms with Crippen LogP contribution in [0.25, 0.3) is 221 Å². The summed E-state index contributed by atoms with van der Waals surface area (Å²) in [5.41, 5.74) is 30.1. The van der Waals surface area contributed by atoms with Gasteiger partial charge in [0.1, 0.15) is 5.65 Å². The third kappa shape index (κ3) is 10.2. The van der Waals surface area contributed by atoms with Gasteiger partial charge in [-0.05, 0) is 164 Å². The number of imidazole rings is 2. The molecule has 0 atom stereocenters. The summed E-state index contributed by atoms with van der Waals surface area (Å²) in [6.45, 7) is 0. The highest BCUT2D eigenvalue weighted by Gasteiger charge is 2.25. The molecule has 0 fully saturated rings. The van der Waals surface area contributed by atoms with Crippen molar-refractivity contribution >= 4 is 142 Å². The van der Waals surface area contributed by atoms with Crippen molar-refractivity contribution in [2.45, 2.75) is 0 Å². The molecule has 0 aliphatic heterocycles. The van der Waals surface area contributed by atoms with Crippen LogP contribution in [-0.4, -0.2) is 51.2 Å². The van der Waals surface area contributed by atoms with Crippen LogP contribution in [0.5, 0.6) is 0 Å². The molecule has 0 saturated heterocycles. The zero-order valence-electron chi connectivity index (χ0n) is 64.8. The first-order chi connectivity index (χ1) is 59.6. The van der Waals surface area contributed by atoms with Gasteiger partial charge in [0.05, 0.1) is 89.0 Å². The fourth-order valence-electron chi connectivity index (χ4n) is 19.5. The van der Waals surface area contributed by atoms with Crippen molar-refractivity contribution in [2.24, 2.45) is 0 Å². The molecule has 26 aromatic rings. The quantitative estimate of drug-likeness (QED) is 0.137. The number of hydrogen-bond acceptors (Lipinski definition) is 3. The van der Waals surface area contributed by atoms with E-state index in [1.165, 1.54) is 109 Å². The predicted octanol–water partition coefficient (Wildman–Crippen LogP) is 27.3. The average Bonchev–Trinajstić information content (AvgIpc) is 1.56. The largest absolute Gasteiger partial charge is 0.309 e. The van der Waals surface area contributed by atoms with E-state index >= 15 is 0 Å². The number of hydrogen-bond donors (Lipinski definition) is 0. The summed E-state index contributed by atoms with van der Waals surface area (Å²) < 4.78 is 18.7. The van der Waals surface area contributed by atoms with Gasteiger partial charge in [-0.1, -0.05) is 237 Å². The molecule has 11 nitrogen and oxygen atoms in total. The van der Waals surface area contributed by atoms with Gasteiger partial charge in [-0.25, -0.2) is 15.0 Å². The summed E-state index contributed by atoms with van der Waals surface area (Å²) in [5, 5.41) is 14.8. The minimum absolute atomic E-state index is 0.677. The van der Waals surface area contributed by atoms with Crippen LogP contribution in [0.1, 0.15) is 0 Å². The third-order valence-corrected chi connectivity index (χ3v) is 24.6. The third-order valence-electron chi connectivity index (χ3n) is 24.6. The second-order valence-electron chi connectivity index (χ2n) is 31.1. The Balaban J connectivity index is 0.000000133. The SMILES string of the molecule is c1ccc(-c2c(-c3ccc(-n4c5ccc(-n6c7ccccc7c7ccccc76)cc5c5cc(-n6c7ccccc7c7ccccc76)ccc54)cc3)nc3ccccn23)cc1.c1ccc(-c2c(-c3ccc(-n4c5ccc(-n6c7ccccc7c7ccccc76)cc5c5cc(-n6c7ccccc7c7ccccc76)ccc54)cc3)nc3ncccn23)cc1. The molecule has 0 aliphatic carbocycles. The van der Waals surface area contributed by atoms with Crippen LogP contribution in [0.2, 0.25) is 0 Å². The molecule has 0 N–H and O–H groups in total. The van der Waals surface area contributed by atoms with E-state index in [0.29, 0.717) is 5.78 Å². The maximum atomic E-state index is 5.16. The highest BCUT2D eigenvalue weighted by Crippen LogP contribution is 2.45. The molecule has 0 radical (unpaired) electrons. The number of benzene rings is 16. The van der Waals surface area contributed by atoms with Gasteiger partial charge < -0.3 is 27.4 Å². The fraction of sp³-hybridized carbons (Fsp3) is 0. The molecule has 0 amide bonds. The molecule has 11 heteroatoms. The molecule has 10 aromatic heterocycles. The Hall–Kier alpha value is -16.4. The van der Waals surface area contributed by atoms with E-state index in [-0.39, 0.29) is 0 Å². The van der Waals surface area contributed by atoms with Crippen LogP contribution in [0.4, 0.5) is 0 Å². The smallest absolute Gasteiger partial charge is 0.234 e. The molecular weight excluding hydrogens is 1460 g/mol. The Morgan fingerprint density at radius 1 is 0.175 bits per heavy atom. The zero-order chi connectivity index (χ0) is 78.6. The lowest BCUT2D eigenvalue weighted by Crippen LogP contribution is -1.96. The van der Waals surface area contributed by atoms with Crippen LogP contribution >= 0.6 is 0 Å². The van der Waals surface area contributed by atoms with Crippen molar-refractivity contribution in [2.75, 3.05) is 0 Å². The standard InChI is InChI=1S/C55H35N5.C54H34N6/c1-2-14-37(15-3-1)55-54(56-53-24-12-13-33-57(53)55)36-25-27-38(28-26-36)58-51-31-29-39(59-47-20-8-4-16-41(47)42-17-5-9-21-48(42)59)34-45(51)46-35-40(30-32-52(46)58)60-49-22-10-6-18-43(49)44-19-7-11-23-50(44)60;1-2-13-36(14-3-1)53-52(56-54-55-31-12-32-57(53)54)35-23-25-37(26-24-35)58-50-29-27-38(59-46-19-8-4-15-40(46)41-16-5-9-20-47(41)59)33-44(50)45-34-39(28-30-51(45)58)60-48-21-10-6-17-42(48)43-18-7-11-22-49(43)60/h1-35H;1-34H. The van der Waals surface area contributed by atoms with Crippen molar-refractivity contribution in [1.29, 1.82) is 0 Å². The van der Waals surface area contributed by atoms with Gasteiger partial charge in [0.2, 0.25) is 5.78 Å². The van der Waals surface area contributed by atoms with Crippen molar-refractivity contribution in [1.82, 2.24) is 51.2 Å². The summed E-state index contributed by atoms with van der Waals surface area (Å²) in [6, 6.07) is 145. The maximum absolute atomic E-state index is 5.16. The van der Waals surface area contributed by atoms with Crippen molar-refractivity contribution < 1.29 is 0 Å². The molecule has 560 valence electrons. The van der Waals surface area contributed by atoms with E-state index in [4.69, 9.17) is 9.97 Å². The Morgan fingerprint density at radius 2 is 0.433 bits per heavy atom. The minimum Gasteiger partial charge on any atom is -0.309 e. The Bertz CT molecular complexity index is 7600. The first-order valence-electron chi connectivity index (χ1n) is 40.8. The van der Waals surface area contributed by atoms with E-state index in [2.05, 4.69) is 430 Å². The molecule has 0 bridgehead atoms. The number of fused-ring (bicyclic) bond motifs is 20. The Kier molecular flexibility index (Phi) is 14.9. The first-order valence-corrected chi connectivity index (χ1v) is 40.8. The molecule has 0 aliphatic rings. The summed E-state index contributed by atoms with van der Waals surface area (Å²) in [5.74, 6) is 0.677. The first kappa shape index (κ1) is 67.0. The van der Waals surface area contributed by atoms with E-state index < -0.39 is 0 Å². The minimum atomic E-state index is 0.677. The summed E-state index contributed by atoms with van der Waals surface area (Å²) in [4.78, 5) is 14.8. The van der Waals surface area contributed by atoms with Crippen LogP contribution < -0.4 is 0 Å². The molecular formula is C109H69N11. The van der Waals surface area contributed by atoms with Crippen LogP contribution in [0.3, 0.4) is 0 Å². The summed E-state index contributed by atoms with van der Waals surface area (Å²) in [7, 11) is 0. The van der Waals surface area contributed by atoms with Crippen molar-refractivity contribution in [3.8, 4) is 79.2 Å². The summed E-state index contributed by atoms with van der Waals surface area (Å²) >= 11 is 0. The van der Waals surface area contributed by atoms with Gasteiger partial charge in [-0.15, -0.1) is 0 Å². The fourth-order valence-corrected chi connectivity index (χ4v) is 19.5. The summed E-state index contributed by atoms with van der Waals surface area (Å²) in [6.07, 6.45) is 5.93. The average molecular weight is 1530 g/mol. The van der Waals surface area contributed by atoms with E-state index in [9.17, 15) is 0 Å². The Morgan fingerprint density at radius 3 is 0.767 bits per heavy atom. The predicted molar refractivity (Wildman–Crippen MR) is 496 cm³/mol. The van der Waals surface area contributed by atoms with Gasteiger partial charge in [0.25, 0.3) is 0 Å². The Labute approximate surface area is 687 Å². The number of pyridine rings is 1. The van der Waals surface area contributed by atoms with Gasteiger partial charge in [0.15, 0.2) is 0 Å². The maximum Gasteiger partial charge on any atom is 0.234 e. The highest BCUT2D eigenvalue weighted by atomic mass is 15.1. The molecule has 0 unspecified atom stereocenters. The number of rotatable bonds is 10. The van der Waals surface area contributed by atoms with E-state index in [0.717, 1.165) is 107 Å². The normalized spacial score (nSPS) is 12.0. The molecule has 26 rings (SSSR count). The molecule has 0 saturated carbocycles. The van der Waals surface area contributed by atoms with Crippen molar-refractivity contribution in [3.63, 3.8) is 0 Å². The van der Waals surface area contributed by atoms with Gasteiger partial charge >= 0.3 is 0 Å². The number of para-hydroxylation sites is 8. The van der Waals surface area contributed by atoms with Gasteiger partial charge in [0, 0.05) is 140 Å². The molecule has 120 heavy (non-hydrogen) atoms. The lowest BCUT2D eigenvalue weighted by Gasteiger charge is -2.12. The van der Waals surface area contributed by atoms with Crippen LogP contribution in [0.15, 0.2) is 419 Å². The second-order valence-corrected chi connectivity index (χ2v) is 31.1. The van der Waals surface area contributed by atoms with E-state index in [1.54, 1.807) is 6.20 Å². The second kappa shape index (κ2) is 26.6. The van der Waals surface area contributed by atoms with Crippen molar-refractivity contribution in [3.05, 3.63) is 419 Å². The van der Waals surface area contributed by atoms with Crippen LogP contribution in [0, 0.1) is 0 Å². The topological polar surface area (TPSA) is 77.1 Å². The zero-order valence-corrected chi connectivity index (χ0v) is 64.8. The lowest BCUT2D eigenvalue weighted by molar-refractivity contribution is 1.11. The number of nitrogens with zero attached hydrogens (tertiary/aromatic N) is 11.